The Kier molecular flexibility index (Phi) is 3.85. The third-order valence-electron chi connectivity index (χ3n) is 3.90. The van der Waals surface area contributed by atoms with E-state index >= 15 is 0 Å². The Morgan fingerprint density at radius 3 is 2.60 bits per heavy atom. The zero-order chi connectivity index (χ0) is 17.2. The highest BCUT2D eigenvalue weighted by molar-refractivity contribution is 5.88. The number of H-pyrrole nitrogens is 1. The third-order valence-corrected chi connectivity index (χ3v) is 3.90. The van der Waals surface area contributed by atoms with Crippen LogP contribution in [0.3, 0.4) is 0 Å². The number of anilines is 1. The summed E-state index contributed by atoms with van der Waals surface area (Å²) in [7, 11) is 0. The maximum absolute atomic E-state index is 13.5. The van der Waals surface area contributed by atoms with Gasteiger partial charge in [-0.3, -0.25) is 0 Å². The second kappa shape index (κ2) is 6.32. The number of nitrogens with one attached hydrogen (secondary N) is 2. The Labute approximate surface area is 142 Å². The third kappa shape index (κ3) is 3.06. The van der Waals surface area contributed by atoms with Crippen LogP contribution in [0.4, 0.5) is 14.6 Å². The van der Waals surface area contributed by atoms with Gasteiger partial charge < -0.3 is 10.3 Å². The highest BCUT2D eigenvalue weighted by Crippen LogP contribution is 2.25. The SMILES string of the molecule is Fc1ccc(-c2nc3c(NCc4ccccc4)nccc3[nH]2)cc1F. The molecule has 0 amide bonds. The maximum atomic E-state index is 13.5. The van der Waals surface area contributed by atoms with Gasteiger partial charge in [0.25, 0.3) is 0 Å². The molecule has 124 valence electrons. The molecular weight excluding hydrogens is 322 g/mol. The molecule has 4 aromatic rings. The zero-order valence-electron chi connectivity index (χ0n) is 13.1. The van der Waals surface area contributed by atoms with Crippen LogP contribution in [0.15, 0.2) is 60.8 Å². The summed E-state index contributed by atoms with van der Waals surface area (Å²) in [5, 5.41) is 3.26. The Morgan fingerprint density at radius 1 is 0.960 bits per heavy atom. The van der Waals surface area contributed by atoms with E-state index in [9.17, 15) is 8.78 Å². The molecule has 0 bridgehead atoms. The molecule has 0 saturated carbocycles. The van der Waals surface area contributed by atoms with Crippen molar-refractivity contribution in [3.05, 3.63) is 78.0 Å². The summed E-state index contributed by atoms with van der Waals surface area (Å²) < 4.78 is 26.6. The van der Waals surface area contributed by atoms with Gasteiger partial charge in [0.1, 0.15) is 11.3 Å². The predicted molar refractivity (Wildman–Crippen MR) is 93.0 cm³/mol. The first-order chi connectivity index (χ1) is 12.2. The summed E-state index contributed by atoms with van der Waals surface area (Å²) in [5.41, 5.74) is 3.02. The fourth-order valence-corrected chi connectivity index (χ4v) is 2.63. The highest BCUT2D eigenvalue weighted by atomic mass is 19.2. The van der Waals surface area contributed by atoms with Crippen LogP contribution < -0.4 is 5.32 Å². The van der Waals surface area contributed by atoms with E-state index in [0.717, 1.165) is 23.2 Å². The fourth-order valence-electron chi connectivity index (χ4n) is 2.63. The van der Waals surface area contributed by atoms with Crippen LogP contribution in [0, 0.1) is 11.6 Å². The van der Waals surface area contributed by atoms with Crippen LogP contribution in [0.2, 0.25) is 0 Å². The monoisotopic (exact) mass is 336 g/mol. The summed E-state index contributed by atoms with van der Waals surface area (Å²) in [5.74, 6) is -0.693. The van der Waals surface area contributed by atoms with Crippen molar-refractivity contribution in [1.82, 2.24) is 15.0 Å². The van der Waals surface area contributed by atoms with Gasteiger partial charge in [0.05, 0.1) is 5.52 Å². The van der Waals surface area contributed by atoms with E-state index in [1.54, 1.807) is 12.3 Å². The van der Waals surface area contributed by atoms with Gasteiger partial charge in [-0.2, -0.15) is 0 Å². The molecule has 25 heavy (non-hydrogen) atoms. The first-order valence-electron chi connectivity index (χ1n) is 7.78. The lowest BCUT2D eigenvalue weighted by atomic mass is 10.2. The van der Waals surface area contributed by atoms with Crippen molar-refractivity contribution < 1.29 is 8.78 Å². The van der Waals surface area contributed by atoms with Crippen LogP contribution in [0.5, 0.6) is 0 Å². The zero-order valence-corrected chi connectivity index (χ0v) is 13.1. The second-order valence-electron chi connectivity index (χ2n) is 5.61. The number of rotatable bonds is 4. The van der Waals surface area contributed by atoms with Crippen LogP contribution >= 0.6 is 0 Å². The van der Waals surface area contributed by atoms with Crippen LogP contribution in [0.1, 0.15) is 5.56 Å². The molecule has 0 fully saturated rings. The van der Waals surface area contributed by atoms with E-state index in [4.69, 9.17) is 0 Å². The van der Waals surface area contributed by atoms with E-state index in [1.807, 2.05) is 30.3 Å². The van der Waals surface area contributed by atoms with Crippen molar-refractivity contribution in [1.29, 1.82) is 0 Å². The van der Waals surface area contributed by atoms with E-state index in [-0.39, 0.29) is 0 Å². The van der Waals surface area contributed by atoms with Crippen LogP contribution in [-0.4, -0.2) is 15.0 Å². The van der Waals surface area contributed by atoms with E-state index < -0.39 is 11.6 Å². The molecule has 2 aromatic heterocycles. The molecule has 4 nitrogen and oxygen atoms in total. The van der Waals surface area contributed by atoms with E-state index in [0.29, 0.717) is 29.3 Å². The summed E-state index contributed by atoms with van der Waals surface area (Å²) in [6.07, 6.45) is 1.67. The number of nitrogens with zero attached hydrogens (tertiary/aromatic N) is 2. The molecule has 0 aliphatic heterocycles. The molecule has 2 aromatic carbocycles. The van der Waals surface area contributed by atoms with Crippen LogP contribution in [-0.2, 0) is 6.54 Å². The average Bonchev–Trinajstić information content (AvgIpc) is 3.08. The second-order valence-corrected chi connectivity index (χ2v) is 5.61. The van der Waals surface area contributed by atoms with Gasteiger partial charge in [-0.15, -0.1) is 0 Å². The van der Waals surface area contributed by atoms with Gasteiger partial charge in [0.15, 0.2) is 17.5 Å². The number of hydrogen-bond acceptors (Lipinski definition) is 3. The molecule has 0 atom stereocenters. The molecule has 0 unspecified atom stereocenters. The van der Waals surface area contributed by atoms with E-state index in [2.05, 4.69) is 20.3 Å². The lowest BCUT2D eigenvalue weighted by Gasteiger charge is -2.05. The summed E-state index contributed by atoms with van der Waals surface area (Å²) >= 11 is 0. The van der Waals surface area contributed by atoms with Gasteiger partial charge >= 0.3 is 0 Å². The first kappa shape index (κ1) is 15.3. The Bertz CT molecular complexity index is 1030. The molecule has 0 aliphatic carbocycles. The van der Waals surface area contributed by atoms with Gasteiger partial charge in [-0.25, -0.2) is 18.7 Å². The number of imidazole rings is 1. The summed E-state index contributed by atoms with van der Waals surface area (Å²) in [6, 6.07) is 15.4. The summed E-state index contributed by atoms with van der Waals surface area (Å²) in [4.78, 5) is 11.9. The number of hydrogen-bond donors (Lipinski definition) is 2. The predicted octanol–water partition coefficient (Wildman–Crippen LogP) is 4.52. The van der Waals surface area contributed by atoms with Crippen molar-refractivity contribution in [3.8, 4) is 11.4 Å². The Morgan fingerprint density at radius 2 is 1.80 bits per heavy atom. The number of aromatic amines is 1. The molecule has 4 rings (SSSR count). The standard InChI is InChI=1S/C19H14F2N4/c20-14-7-6-13(10-15(14)21)18-24-16-8-9-22-19(17(16)25-18)23-11-12-4-2-1-3-5-12/h1-10H,11H2,(H,22,23)(H,24,25). The lowest BCUT2D eigenvalue weighted by Crippen LogP contribution is -2.01. The topological polar surface area (TPSA) is 53.6 Å². The van der Waals surface area contributed by atoms with Crippen molar-refractivity contribution in [3.63, 3.8) is 0 Å². The number of benzene rings is 2. The van der Waals surface area contributed by atoms with Gasteiger partial charge in [0, 0.05) is 18.3 Å². The van der Waals surface area contributed by atoms with Gasteiger partial charge in [-0.05, 0) is 29.8 Å². The van der Waals surface area contributed by atoms with Gasteiger partial charge in [-0.1, -0.05) is 30.3 Å². The van der Waals surface area contributed by atoms with Crippen molar-refractivity contribution >= 4 is 16.9 Å². The molecular formula is C19H14F2N4. The maximum Gasteiger partial charge on any atom is 0.159 e. The number of pyridine rings is 1. The first-order valence-corrected chi connectivity index (χ1v) is 7.78. The fraction of sp³-hybridized carbons (Fsp3) is 0.0526. The molecule has 2 heterocycles. The molecule has 0 aliphatic rings. The minimum absolute atomic E-state index is 0.463. The van der Waals surface area contributed by atoms with Crippen molar-refractivity contribution in [2.75, 3.05) is 5.32 Å². The lowest BCUT2D eigenvalue weighted by molar-refractivity contribution is 0.509. The molecule has 0 radical (unpaired) electrons. The summed E-state index contributed by atoms with van der Waals surface area (Å²) in [6.45, 7) is 0.611. The highest BCUT2D eigenvalue weighted by Gasteiger charge is 2.12. The van der Waals surface area contributed by atoms with Crippen LogP contribution in [0.25, 0.3) is 22.4 Å². The number of fused-ring (bicyclic) bond motifs is 1. The van der Waals surface area contributed by atoms with Gasteiger partial charge in [0.2, 0.25) is 0 Å². The number of halogens is 2. The Balaban J connectivity index is 1.67. The molecule has 2 N–H and O–H groups in total. The largest absolute Gasteiger partial charge is 0.364 e. The van der Waals surface area contributed by atoms with Crippen molar-refractivity contribution in [2.45, 2.75) is 6.54 Å². The number of aromatic nitrogens is 3. The smallest absolute Gasteiger partial charge is 0.159 e. The normalized spacial score (nSPS) is 11.0. The molecule has 6 heteroatoms. The van der Waals surface area contributed by atoms with E-state index in [1.165, 1.54) is 6.07 Å². The average molecular weight is 336 g/mol. The minimum Gasteiger partial charge on any atom is -0.364 e. The molecule has 0 spiro atoms. The van der Waals surface area contributed by atoms with Crippen molar-refractivity contribution in [2.24, 2.45) is 0 Å². The molecule has 0 saturated heterocycles. The Hall–Kier alpha value is -3.28. The minimum atomic E-state index is -0.904. The quantitative estimate of drug-likeness (QED) is 0.576.